The molecule has 0 N–H and O–H groups in total. The number of amides is 1. The minimum atomic E-state index is 0.179. The first kappa shape index (κ1) is 6.65. The minimum absolute atomic E-state index is 0.179. The van der Waals surface area contributed by atoms with Gasteiger partial charge in [0, 0.05) is 12.6 Å². The fourth-order valence-electron chi connectivity index (χ4n) is 1.61. The van der Waals surface area contributed by atoms with Crippen LogP contribution in [0, 0.1) is 0 Å². The number of hydrogen-bond acceptors (Lipinski definition) is 1. The number of nitrogens with zero attached hydrogens (tertiary/aromatic N) is 1. The molecular formula is C9H11NO. The molecule has 0 aromatic rings. The van der Waals surface area contributed by atoms with Gasteiger partial charge in [0.25, 0.3) is 0 Å². The Morgan fingerprint density at radius 2 is 2.36 bits per heavy atom. The third-order valence-corrected chi connectivity index (χ3v) is 2.23. The number of rotatable bonds is 0. The summed E-state index contributed by atoms with van der Waals surface area (Å²) in [4.78, 5) is 13.1. The van der Waals surface area contributed by atoms with E-state index in [1.165, 1.54) is 0 Å². The summed E-state index contributed by atoms with van der Waals surface area (Å²) in [5.41, 5.74) is 0. The van der Waals surface area contributed by atoms with Crippen LogP contribution in [0.2, 0.25) is 0 Å². The van der Waals surface area contributed by atoms with Gasteiger partial charge in [-0.2, -0.15) is 0 Å². The van der Waals surface area contributed by atoms with Crippen LogP contribution < -0.4 is 0 Å². The highest BCUT2D eigenvalue weighted by Gasteiger charge is 2.24. The Morgan fingerprint density at radius 3 is 3.27 bits per heavy atom. The maximum atomic E-state index is 11.2. The van der Waals surface area contributed by atoms with E-state index in [4.69, 9.17) is 0 Å². The van der Waals surface area contributed by atoms with Crippen molar-refractivity contribution in [3.05, 3.63) is 24.3 Å². The first-order valence-electron chi connectivity index (χ1n) is 4.02. The molecule has 2 heteroatoms. The summed E-state index contributed by atoms with van der Waals surface area (Å²) < 4.78 is 0. The second kappa shape index (κ2) is 2.53. The summed E-state index contributed by atoms with van der Waals surface area (Å²) in [6.45, 7) is 0.882. The van der Waals surface area contributed by atoms with Crippen molar-refractivity contribution in [3.8, 4) is 0 Å². The first-order chi connectivity index (χ1) is 5.38. The summed E-state index contributed by atoms with van der Waals surface area (Å²) in [6, 6.07) is 0.348. The lowest BCUT2D eigenvalue weighted by Gasteiger charge is -2.21. The molecule has 0 aliphatic carbocycles. The Hall–Kier alpha value is -1.05. The van der Waals surface area contributed by atoms with E-state index in [0.717, 1.165) is 19.4 Å². The van der Waals surface area contributed by atoms with E-state index in [1.807, 2.05) is 11.0 Å². The molecule has 1 atom stereocenters. The van der Waals surface area contributed by atoms with Crippen LogP contribution in [0.4, 0.5) is 0 Å². The van der Waals surface area contributed by atoms with Gasteiger partial charge >= 0.3 is 0 Å². The lowest BCUT2D eigenvalue weighted by molar-refractivity contribution is -0.125. The third-order valence-electron chi connectivity index (χ3n) is 2.23. The smallest absolute Gasteiger partial charge is 0.246 e. The number of carbonyl (C=O) groups excluding carboxylic acids is 1. The summed E-state index contributed by atoms with van der Waals surface area (Å²) in [7, 11) is 0. The molecule has 0 aromatic carbocycles. The van der Waals surface area contributed by atoms with Gasteiger partial charge in [0.2, 0.25) is 5.91 Å². The zero-order valence-electron chi connectivity index (χ0n) is 6.36. The molecule has 2 aliphatic heterocycles. The highest BCUT2D eigenvalue weighted by atomic mass is 16.2. The van der Waals surface area contributed by atoms with Crippen molar-refractivity contribution in [2.45, 2.75) is 18.9 Å². The highest BCUT2D eigenvalue weighted by molar-refractivity contribution is 5.90. The van der Waals surface area contributed by atoms with Gasteiger partial charge in [-0.1, -0.05) is 18.2 Å². The van der Waals surface area contributed by atoms with Gasteiger partial charge in [0.1, 0.15) is 0 Å². The van der Waals surface area contributed by atoms with Crippen molar-refractivity contribution in [2.75, 3.05) is 6.54 Å². The predicted molar refractivity (Wildman–Crippen MR) is 43.0 cm³/mol. The molecule has 11 heavy (non-hydrogen) atoms. The van der Waals surface area contributed by atoms with E-state index in [0.29, 0.717) is 6.04 Å². The van der Waals surface area contributed by atoms with Gasteiger partial charge in [-0.3, -0.25) is 4.79 Å². The quantitative estimate of drug-likeness (QED) is 0.472. The van der Waals surface area contributed by atoms with E-state index >= 15 is 0 Å². The van der Waals surface area contributed by atoms with Crippen LogP contribution in [0.25, 0.3) is 0 Å². The molecule has 2 heterocycles. The van der Waals surface area contributed by atoms with E-state index < -0.39 is 0 Å². The molecule has 2 aliphatic rings. The number of carbonyl (C=O) groups is 1. The number of fused-ring (bicyclic) bond motifs is 1. The van der Waals surface area contributed by atoms with Crippen LogP contribution in [0.3, 0.4) is 0 Å². The van der Waals surface area contributed by atoms with Gasteiger partial charge in [-0.25, -0.2) is 0 Å². The Labute approximate surface area is 66.2 Å². The molecule has 2 rings (SSSR count). The molecule has 2 nitrogen and oxygen atoms in total. The van der Waals surface area contributed by atoms with Crippen LogP contribution in [0.1, 0.15) is 12.8 Å². The predicted octanol–water partition coefficient (Wildman–Crippen LogP) is 1.10. The second-order valence-corrected chi connectivity index (χ2v) is 2.95. The maximum Gasteiger partial charge on any atom is 0.246 e. The van der Waals surface area contributed by atoms with E-state index in [1.54, 1.807) is 6.08 Å². The molecule has 0 saturated carbocycles. The molecule has 58 valence electrons. The summed E-state index contributed by atoms with van der Waals surface area (Å²) in [6.07, 6.45) is 9.99. The van der Waals surface area contributed by atoms with Gasteiger partial charge in [-0.15, -0.1) is 0 Å². The van der Waals surface area contributed by atoms with Crippen molar-refractivity contribution < 1.29 is 4.79 Å². The molecule has 0 spiro atoms. The maximum absolute atomic E-state index is 11.2. The fourth-order valence-corrected chi connectivity index (χ4v) is 1.61. The zero-order chi connectivity index (χ0) is 7.68. The molecule has 0 fully saturated rings. The highest BCUT2D eigenvalue weighted by Crippen LogP contribution is 2.17. The van der Waals surface area contributed by atoms with Gasteiger partial charge < -0.3 is 4.90 Å². The second-order valence-electron chi connectivity index (χ2n) is 2.95. The summed E-state index contributed by atoms with van der Waals surface area (Å²) in [5, 5.41) is 0. The Balaban J connectivity index is 2.17. The summed E-state index contributed by atoms with van der Waals surface area (Å²) >= 11 is 0. The van der Waals surface area contributed by atoms with Crippen LogP contribution in [-0.2, 0) is 4.79 Å². The van der Waals surface area contributed by atoms with E-state index in [9.17, 15) is 4.79 Å². The largest absolute Gasteiger partial charge is 0.332 e. The lowest BCUT2D eigenvalue weighted by atomic mass is 10.2. The van der Waals surface area contributed by atoms with Crippen LogP contribution in [-0.4, -0.2) is 23.4 Å². The SMILES string of the molecule is O=C1C=C[C@H]2CC=CCCN12. The molecule has 0 unspecified atom stereocenters. The van der Waals surface area contributed by atoms with Gasteiger partial charge in [0.15, 0.2) is 0 Å². The average Bonchev–Trinajstić information content (AvgIpc) is 2.25. The van der Waals surface area contributed by atoms with Gasteiger partial charge in [0.05, 0.1) is 6.04 Å². The molecule has 0 radical (unpaired) electrons. The van der Waals surface area contributed by atoms with Crippen molar-refractivity contribution in [3.63, 3.8) is 0 Å². The molecular weight excluding hydrogens is 138 g/mol. The van der Waals surface area contributed by atoms with E-state index in [-0.39, 0.29) is 5.91 Å². The summed E-state index contributed by atoms with van der Waals surface area (Å²) in [5.74, 6) is 0.179. The van der Waals surface area contributed by atoms with Crippen molar-refractivity contribution in [1.29, 1.82) is 0 Å². The van der Waals surface area contributed by atoms with Crippen LogP contribution in [0.5, 0.6) is 0 Å². The van der Waals surface area contributed by atoms with E-state index in [2.05, 4.69) is 12.2 Å². The monoisotopic (exact) mass is 149 g/mol. The molecule has 0 bridgehead atoms. The molecule has 1 amide bonds. The van der Waals surface area contributed by atoms with Gasteiger partial charge in [-0.05, 0) is 12.8 Å². The number of hydrogen-bond donors (Lipinski definition) is 0. The zero-order valence-corrected chi connectivity index (χ0v) is 6.36. The van der Waals surface area contributed by atoms with Crippen LogP contribution in [0.15, 0.2) is 24.3 Å². The average molecular weight is 149 g/mol. The topological polar surface area (TPSA) is 20.3 Å². The molecule has 0 aromatic heterocycles. The lowest BCUT2D eigenvalue weighted by Crippen LogP contribution is -2.33. The van der Waals surface area contributed by atoms with Crippen LogP contribution >= 0.6 is 0 Å². The normalized spacial score (nSPS) is 28.9. The third kappa shape index (κ3) is 1.09. The minimum Gasteiger partial charge on any atom is -0.332 e. The van der Waals surface area contributed by atoms with Crippen molar-refractivity contribution in [2.24, 2.45) is 0 Å². The Kier molecular flexibility index (Phi) is 1.53. The first-order valence-corrected chi connectivity index (χ1v) is 4.02. The van der Waals surface area contributed by atoms with Crippen molar-refractivity contribution >= 4 is 5.91 Å². The fraction of sp³-hybridized carbons (Fsp3) is 0.444. The standard InChI is InChI=1S/C9H11NO/c11-9-6-5-8-4-2-1-3-7-10(8)9/h1-2,5-6,8H,3-4,7H2/t8-/m1/s1. The Bertz CT molecular complexity index is 230. The Morgan fingerprint density at radius 1 is 1.45 bits per heavy atom. The van der Waals surface area contributed by atoms with Crippen molar-refractivity contribution in [1.82, 2.24) is 4.90 Å². The molecule has 0 saturated heterocycles.